The van der Waals surface area contributed by atoms with E-state index in [1.165, 1.54) is 6.07 Å². The molecular weight excluding hydrogens is 727 g/mol. The van der Waals surface area contributed by atoms with Crippen LogP contribution in [-0.2, 0) is 34.0 Å². The van der Waals surface area contributed by atoms with Gasteiger partial charge in [-0.3, -0.25) is 4.55 Å². The van der Waals surface area contributed by atoms with Crippen molar-refractivity contribution in [2.75, 3.05) is 16.0 Å². The minimum Gasteiger partial charge on any atom is -0.507 e. The molecule has 0 atom stereocenters. The molecule has 0 amide bonds. The largest absolute Gasteiger partial charge is 0.507 e. The molecule has 0 saturated heterocycles. The Morgan fingerprint density at radius 2 is 0.965 bits per heavy atom. The molecule has 5 N–H and O–H groups in total. The van der Waals surface area contributed by atoms with E-state index in [-0.39, 0.29) is 21.5 Å². The summed E-state index contributed by atoms with van der Waals surface area (Å²) in [4.78, 5) is -0.181. The third kappa shape index (κ3) is 9.88. The molecule has 0 aliphatic carbocycles. The van der Waals surface area contributed by atoms with E-state index in [0.29, 0.717) is 30.0 Å². The predicted molar refractivity (Wildman–Crippen MR) is 236 cm³/mol. The Morgan fingerprint density at radius 1 is 0.544 bits per heavy atom. The average Bonchev–Trinajstić information content (AvgIpc) is 3.15. The van der Waals surface area contributed by atoms with Gasteiger partial charge in [0.2, 0.25) is 0 Å². The number of benzene rings is 6. The molecule has 0 aliphatic rings. The second-order valence-electron chi connectivity index (χ2n) is 17.0. The molecule has 0 aromatic heterocycles. The van der Waals surface area contributed by atoms with Crippen LogP contribution in [0.15, 0.2) is 132 Å². The maximum Gasteiger partial charge on any atom is 0.294 e. The number of phenolic OH excluding ortho intramolecular Hbond substituents is 1. The van der Waals surface area contributed by atoms with Gasteiger partial charge in [0.05, 0.1) is 0 Å². The molecule has 6 aromatic rings. The Labute approximate surface area is 339 Å². The molecule has 0 fully saturated rings. The van der Waals surface area contributed by atoms with Crippen LogP contribution in [0.2, 0.25) is 0 Å². The van der Waals surface area contributed by atoms with E-state index in [1.807, 2.05) is 134 Å². The lowest BCUT2D eigenvalue weighted by molar-refractivity contribution is 0.423. The van der Waals surface area contributed by atoms with Gasteiger partial charge in [-0.2, -0.15) is 8.42 Å². The summed E-state index contributed by atoms with van der Waals surface area (Å²) in [7, 11) is -4.70. The van der Waals surface area contributed by atoms with Gasteiger partial charge < -0.3 is 21.1 Å². The lowest BCUT2D eigenvalue weighted by Crippen LogP contribution is -2.17. The standard InChI is InChI=1S/C49H55N3O4S/c1-32-25-36(50-30-34-15-11-9-12-16-34)19-22-40(32)46(41-23-20-37(26-33(41)2)51-31-35-17-13-10-14-18-35)42-24-21-38(29-45(42)57(54,55)56)52-39-27-43(48(3,4)5)47(53)44(28-39)49(6,7)8/h9-29,46,50-53H,30-31H2,1-8H3,(H,54,55,56). The van der Waals surface area contributed by atoms with E-state index in [2.05, 4.69) is 52.3 Å². The average molecular weight is 782 g/mol. The third-order valence-electron chi connectivity index (χ3n) is 10.5. The summed E-state index contributed by atoms with van der Waals surface area (Å²) in [5, 5.41) is 21.8. The number of hydrogen-bond donors (Lipinski definition) is 5. The van der Waals surface area contributed by atoms with Crippen molar-refractivity contribution in [2.24, 2.45) is 0 Å². The monoisotopic (exact) mass is 781 g/mol. The van der Waals surface area contributed by atoms with Gasteiger partial charge in [0.1, 0.15) is 10.6 Å². The highest BCUT2D eigenvalue weighted by atomic mass is 32.2. The number of anilines is 4. The number of aryl methyl sites for hydroxylation is 2. The Bertz CT molecular complexity index is 2340. The second-order valence-corrected chi connectivity index (χ2v) is 18.4. The van der Waals surface area contributed by atoms with Gasteiger partial charge >= 0.3 is 0 Å². The van der Waals surface area contributed by atoms with Crippen LogP contribution in [0.4, 0.5) is 22.7 Å². The van der Waals surface area contributed by atoms with Crippen LogP contribution in [0.5, 0.6) is 5.75 Å². The Hall–Kier alpha value is -5.57. The lowest BCUT2D eigenvalue weighted by atomic mass is 9.79. The molecule has 7 nitrogen and oxygen atoms in total. The van der Waals surface area contributed by atoms with Gasteiger partial charge in [-0.25, -0.2) is 0 Å². The van der Waals surface area contributed by atoms with E-state index < -0.39 is 16.0 Å². The lowest BCUT2D eigenvalue weighted by Gasteiger charge is -2.28. The highest BCUT2D eigenvalue weighted by molar-refractivity contribution is 7.85. The highest BCUT2D eigenvalue weighted by Gasteiger charge is 2.29. The zero-order chi connectivity index (χ0) is 41.1. The Kier molecular flexibility index (Phi) is 11.9. The first-order chi connectivity index (χ1) is 26.9. The Balaban J connectivity index is 1.44. The molecule has 0 heterocycles. The van der Waals surface area contributed by atoms with Crippen LogP contribution in [0.25, 0.3) is 0 Å². The van der Waals surface area contributed by atoms with Crippen molar-refractivity contribution < 1.29 is 18.1 Å². The van der Waals surface area contributed by atoms with Gasteiger partial charge in [0.25, 0.3) is 10.1 Å². The quantitative estimate of drug-likeness (QED) is 0.0478. The minimum absolute atomic E-state index is 0.181. The van der Waals surface area contributed by atoms with E-state index in [1.54, 1.807) is 6.07 Å². The minimum atomic E-state index is -4.70. The first-order valence-electron chi connectivity index (χ1n) is 19.4. The molecule has 8 heteroatoms. The molecule has 0 spiro atoms. The normalized spacial score (nSPS) is 12.1. The summed E-state index contributed by atoms with van der Waals surface area (Å²) in [6.07, 6.45) is 0. The highest BCUT2D eigenvalue weighted by Crippen LogP contribution is 2.44. The molecule has 0 radical (unpaired) electrons. The van der Waals surface area contributed by atoms with Crippen molar-refractivity contribution in [3.05, 3.63) is 177 Å². The van der Waals surface area contributed by atoms with Gasteiger partial charge in [0.15, 0.2) is 0 Å². The molecular formula is C49H55N3O4S. The fraction of sp³-hybridized carbons (Fsp3) is 0.265. The second kappa shape index (κ2) is 16.5. The van der Waals surface area contributed by atoms with Crippen LogP contribution >= 0.6 is 0 Å². The van der Waals surface area contributed by atoms with Crippen molar-refractivity contribution in [3.8, 4) is 5.75 Å². The zero-order valence-corrected chi connectivity index (χ0v) is 35.1. The van der Waals surface area contributed by atoms with E-state index in [0.717, 1.165) is 55.9 Å². The number of nitrogens with one attached hydrogen (secondary N) is 3. The van der Waals surface area contributed by atoms with Crippen LogP contribution < -0.4 is 16.0 Å². The number of hydrogen-bond acceptors (Lipinski definition) is 6. The molecule has 0 bridgehead atoms. The summed E-state index contributed by atoms with van der Waals surface area (Å²) < 4.78 is 37.8. The fourth-order valence-electron chi connectivity index (χ4n) is 7.41. The van der Waals surface area contributed by atoms with Crippen LogP contribution in [-0.4, -0.2) is 18.1 Å². The summed E-state index contributed by atoms with van der Waals surface area (Å²) in [6, 6.07) is 41.7. The molecule has 0 unspecified atom stereocenters. The molecule has 6 rings (SSSR count). The summed E-state index contributed by atoms with van der Waals surface area (Å²) in [6.45, 7) is 17.7. The van der Waals surface area contributed by atoms with Crippen molar-refractivity contribution in [2.45, 2.75) is 90.1 Å². The van der Waals surface area contributed by atoms with Crippen molar-refractivity contribution in [1.82, 2.24) is 0 Å². The number of aromatic hydroxyl groups is 1. The number of phenols is 1. The van der Waals surface area contributed by atoms with Gasteiger partial charge in [-0.05, 0) is 112 Å². The van der Waals surface area contributed by atoms with Gasteiger partial charge in [-0.1, -0.05) is 120 Å². The first-order valence-corrected chi connectivity index (χ1v) is 20.9. The van der Waals surface area contributed by atoms with Crippen molar-refractivity contribution in [3.63, 3.8) is 0 Å². The van der Waals surface area contributed by atoms with E-state index in [4.69, 9.17) is 0 Å². The zero-order valence-electron chi connectivity index (χ0n) is 34.2. The van der Waals surface area contributed by atoms with Gasteiger partial charge in [-0.15, -0.1) is 0 Å². The topological polar surface area (TPSA) is 111 Å². The molecule has 296 valence electrons. The Morgan fingerprint density at radius 3 is 1.37 bits per heavy atom. The third-order valence-corrected chi connectivity index (χ3v) is 11.4. The van der Waals surface area contributed by atoms with Crippen LogP contribution in [0, 0.1) is 13.8 Å². The first kappa shape index (κ1) is 41.1. The summed E-state index contributed by atoms with van der Waals surface area (Å²) >= 11 is 0. The van der Waals surface area contributed by atoms with E-state index in [9.17, 15) is 18.1 Å². The summed E-state index contributed by atoms with van der Waals surface area (Å²) in [5.74, 6) is -0.276. The van der Waals surface area contributed by atoms with Crippen molar-refractivity contribution in [1.29, 1.82) is 0 Å². The van der Waals surface area contributed by atoms with Crippen LogP contribution in [0.1, 0.15) is 97.5 Å². The SMILES string of the molecule is Cc1cc(NCc2ccccc2)ccc1C(c1ccc(NCc2ccccc2)cc1C)c1ccc(Nc2cc(C(C)(C)C)c(O)c(C(C)(C)C)c2)cc1S(=O)(=O)O. The summed E-state index contributed by atoms with van der Waals surface area (Å²) in [5.41, 5.74) is 10.5. The van der Waals surface area contributed by atoms with Crippen molar-refractivity contribution >= 4 is 32.9 Å². The molecule has 0 aliphatic heterocycles. The smallest absolute Gasteiger partial charge is 0.294 e. The number of rotatable bonds is 12. The molecule has 6 aromatic carbocycles. The molecule has 0 saturated carbocycles. The molecule has 57 heavy (non-hydrogen) atoms. The van der Waals surface area contributed by atoms with Gasteiger partial charge in [0, 0.05) is 52.9 Å². The maximum atomic E-state index is 13.4. The van der Waals surface area contributed by atoms with E-state index >= 15 is 0 Å². The van der Waals surface area contributed by atoms with Crippen LogP contribution in [0.3, 0.4) is 0 Å². The maximum absolute atomic E-state index is 13.4. The predicted octanol–water partition coefficient (Wildman–Crippen LogP) is 12.0. The fourth-order valence-corrected chi connectivity index (χ4v) is 8.17.